The molecule has 1 heterocycles. The van der Waals surface area contributed by atoms with Gasteiger partial charge in [0, 0.05) is 5.39 Å². The van der Waals surface area contributed by atoms with Crippen LogP contribution in [0.4, 0.5) is 0 Å². The fraction of sp³-hybridized carbons (Fsp3) is 0.200. The van der Waals surface area contributed by atoms with Crippen LogP contribution in [0.5, 0.6) is 0 Å². The van der Waals surface area contributed by atoms with Crippen LogP contribution < -0.4 is 0 Å². The summed E-state index contributed by atoms with van der Waals surface area (Å²) in [6.07, 6.45) is 1.68. The molecule has 4 nitrogen and oxygen atoms in total. The molecule has 1 aromatic carbocycles. The molecule has 0 aliphatic rings. The van der Waals surface area contributed by atoms with Gasteiger partial charge in [-0.25, -0.2) is 4.79 Å². The molecule has 0 bridgehead atoms. The first-order valence-corrected chi connectivity index (χ1v) is 4.35. The predicted octanol–water partition coefficient (Wildman–Crippen LogP) is 1.68. The van der Waals surface area contributed by atoms with Gasteiger partial charge in [0.2, 0.25) is 0 Å². The topological polar surface area (TPSA) is 55.1 Å². The minimum Gasteiger partial charge on any atom is -0.480 e. The van der Waals surface area contributed by atoms with Crippen molar-refractivity contribution in [3.05, 3.63) is 30.5 Å². The summed E-state index contributed by atoms with van der Waals surface area (Å²) in [6.45, 7) is 1.61. The number of carboxylic acid groups (broad SMARTS) is 1. The summed E-state index contributed by atoms with van der Waals surface area (Å²) in [5.74, 6) is -0.876. The number of rotatable bonds is 2. The molecule has 1 unspecified atom stereocenters. The third kappa shape index (κ3) is 1.25. The number of fused-ring (bicyclic) bond motifs is 1. The summed E-state index contributed by atoms with van der Waals surface area (Å²) >= 11 is 0. The smallest absolute Gasteiger partial charge is 0.328 e. The second kappa shape index (κ2) is 3.14. The second-order valence-electron chi connectivity index (χ2n) is 3.16. The normalized spacial score (nSPS) is 12.9. The van der Waals surface area contributed by atoms with Gasteiger partial charge in [0.25, 0.3) is 0 Å². The van der Waals surface area contributed by atoms with Crippen molar-refractivity contribution in [2.75, 3.05) is 0 Å². The average molecular weight is 190 g/mol. The maximum Gasteiger partial charge on any atom is 0.328 e. The van der Waals surface area contributed by atoms with Gasteiger partial charge in [-0.15, -0.1) is 0 Å². The number of aromatic nitrogens is 2. The number of benzene rings is 1. The Morgan fingerprint density at radius 1 is 1.50 bits per heavy atom. The predicted molar refractivity (Wildman–Crippen MR) is 52.1 cm³/mol. The average Bonchev–Trinajstić information content (AvgIpc) is 2.60. The Kier molecular flexibility index (Phi) is 1.96. The maximum absolute atomic E-state index is 10.8. The van der Waals surface area contributed by atoms with E-state index in [9.17, 15) is 4.79 Å². The summed E-state index contributed by atoms with van der Waals surface area (Å²) in [4.78, 5) is 10.8. The summed E-state index contributed by atoms with van der Waals surface area (Å²) in [5.41, 5.74) is 0.849. The molecule has 0 spiro atoms. The number of hydrogen-bond acceptors (Lipinski definition) is 2. The van der Waals surface area contributed by atoms with Crippen LogP contribution in [-0.2, 0) is 4.79 Å². The number of nitrogens with zero attached hydrogens (tertiary/aromatic N) is 2. The third-order valence-electron chi connectivity index (χ3n) is 2.23. The van der Waals surface area contributed by atoms with Gasteiger partial charge >= 0.3 is 5.97 Å². The van der Waals surface area contributed by atoms with Crippen LogP contribution in [-0.4, -0.2) is 20.9 Å². The second-order valence-corrected chi connectivity index (χ2v) is 3.16. The largest absolute Gasteiger partial charge is 0.480 e. The summed E-state index contributed by atoms with van der Waals surface area (Å²) in [6, 6.07) is 6.92. The lowest BCUT2D eigenvalue weighted by Crippen LogP contribution is -2.16. The van der Waals surface area contributed by atoms with Crippen molar-refractivity contribution in [2.24, 2.45) is 0 Å². The van der Waals surface area contributed by atoms with Gasteiger partial charge < -0.3 is 5.11 Å². The van der Waals surface area contributed by atoms with Crippen LogP contribution in [0.25, 0.3) is 10.9 Å². The van der Waals surface area contributed by atoms with Crippen molar-refractivity contribution in [1.82, 2.24) is 9.78 Å². The highest BCUT2D eigenvalue weighted by molar-refractivity contribution is 5.81. The molecule has 4 heteroatoms. The molecule has 2 rings (SSSR count). The van der Waals surface area contributed by atoms with Gasteiger partial charge in [-0.05, 0) is 13.0 Å². The zero-order valence-corrected chi connectivity index (χ0v) is 7.71. The molecule has 0 amide bonds. The molecular weight excluding hydrogens is 180 g/mol. The van der Waals surface area contributed by atoms with Crippen molar-refractivity contribution >= 4 is 16.9 Å². The van der Waals surface area contributed by atoms with E-state index in [1.165, 1.54) is 4.68 Å². The fourth-order valence-corrected chi connectivity index (χ4v) is 1.41. The lowest BCUT2D eigenvalue weighted by Gasteiger charge is -2.07. The first kappa shape index (κ1) is 8.74. The quantitative estimate of drug-likeness (QED) is 0.783. The molecule has 1 N–H and O–H groups in total. The van der Waals surface area contributed by atoms with Crippen LogP contribution in [0.2, 0.25) is 0 Å². The Balaban J connectivity index is 2.58. The van der Waals surface area contributed by atoms with Gasteiger partial charge in [-0.3, -0.25) is 4.68 Å². The molecule has 0 aliphatic carbocycles. The molecule has 14 heavy (non-hydrogen) atoms. The summed E-state index contributed by atoms with van der Waals surface area (Å²) in [7, 11) is 0. The molecule has 1 aromatic heterocycles. The Hall–Kier alpha value is -1.84. The summed E-state index contributed by atoms with van der Waals surface area (Å²) in [5, 5.41) is 13.9. The SMILES string of the molecule is CC(C(=O)O)n1ncc2ccccc21. The highest BCUT2D eigenvalue weighted by atomic mass is 16.4. The molecule has 0 radical (unpaired) electrons. The van der Waals surface area contributed by atoms with E-state index in [2.05, 4.69) is 5.10 Å². The molecule has 72 valence electrons. The van der Waals surface area contributed by atoms with Gasteiger partial charge in [-0.1, -0.05) is 18.2 Å². The minimum absolute atomic E-state index is 0.630. The fourth-order valence-electron chi connectivity index (χ4n) is 1.41. The van der Waals surface area contributed by atoms with E-state index >= 15 is 0 Å². The van der Waals surface area contributed by atoms with E-state index < -0.39 is 12.0 Å². The molecular formula is C10H10N2O2. The van der Waals surface area contributed by atoms with Crippen LogP contribution in [0.1, 0.15) is 13.0 Å². The van der Waals surface area contributed by atoms with Crippen molar-refractivity contribution in [3.63, 3.8) is 0 Å². The van der Waals surface area contributed by atoms with Crippen LogP contribution in [0, 0.1) is 0 Å². The van der Waals surface area contributed by atoms with E-state index in [0.29, 0.717) is 0 Å². The molecule has 0 saturated carbocycles. The zero-order valence-electron chi connectivity index (χ0n) is 7.71. The number of para-hydroxylation sites is 1. The molecule has 2 aromatic rings. The lowest BCUT2D eigenvalue weighted by atomic mass is 10.2. The summed E-state index contributed by atoms with van der Waals surface area (Å²) < 4.78 is 1.51. The van der Waals surface area contributed by atoms with E-state index in [1.54, 1.807) is 13.1 Å². The van der Waals surface area contributed by atoms with E-state index in [-0.39, 0.29) is 0 Å². The van der Waals surface area contributed by atoms with E-state index in [1.807, 2.05) is 24.3 Å². The first-order valence-electron chi connectivity index (χ1n) is 4.35. The number of hydrogen-bond donors (Lipinski definition) is 1. The monoisotopic (exact) mass is 190 g/mol. The standard InChI is InChI=1S/C10H10N2O2/c1-7(10(13)14)12-9-5-3-2-4-8(9)6-11-12/h2-7H,1H3,(H,13,14). The van der Waals surface area contributed by atoms with Gasteiger partial charge in [0.1, 0.15) is 6.04 Å². The number of aliphatic carboxylic acids is 1. The molecule has 0 fully saturated rings. The zero-order chi connectivity index (χ0) is 10.1. The van der Waals surface area contributed by atoms with Crippen molar-refractivity contribution in [1.29, 1.82) is 0 Å². The minimum atomic E-state index is -0.876. The van der Waals surface area contributed by atoms with Gasteiger partial charge in [0.15, 0.2) is 0 Å². The third-order valence-corrected chi connectivity index (χ3v) is 2.23. The molecule has 0 aliphatic heterocycles. The van der Waals surface area contributed by atoms with Gasteiger partial charge in [-0.2, -0.15) is 5.10 Å². The Morgan fingerprint density at radius 2 is 2.21 bits per heavy atom. The number of carbonyl (C=O) groups is 1. The van der Waals surface area contributed by atoms with Crippen LogP contribution in [0.15, 0.2) is 30.5 Å². The maximum atomic E-state index is 10.8. The Labute approximate surface area is 80.8 Å². The van der Waals surface area contributed by atoms with Gasteiger partial charge in [0.05, 0.1) is 11.7 Å². The highest BCUT2D eigenvalue weighted by Crippen LogP contribution is 2.17. The Bertz CT molecular complexity index is 476. The number of carboxylic acids is 1. The van der Waals surface area contributed by atoms with Crippen molar-refractivity contribution < 1.29 is 9.90 Å². The highest BCUT2D eigenvalue weighted by Gasteiger charge is 2.15. The van der Waals surface area contributed by atoms with E-state index in [4.69, 9.17) is 5.11 Å². The molecule has 0 saturated heterocycles. The van der Waals surface area contributed by atoms with Crippen molar-refractivity contribution in [3.8, 4) is 0 Å². The van der Waals surface area contributed by atoms with Crippen molar-refractivity contribution in [2.45, 2.75) is 13.0 Å². The first-order chi connectivity index (χ1) is 6.70. The lowest BCUT2D eigenvalue weighted by molar-refractivity contribution is -0.140. The van der Waals surface area contributed by atoms with Crippen LogP contribution >= 0.6 is 0 Å². The molecule has 1 atom stereocenters. The van der Waals surface area contributed by atoms with Crippen LogP contribution in [0.3, 0.4) is 0 Å². The Morgan fingerprint density at radius 3 is 2.93 bits per heavy atom. The van der Waals surface area contributed by atoms with E-state index in [0.717, 1.165) is 10.9 Å².